The summed E-state index contributed by atoms with van der Waals surface area (Å²) in [5.74, 6) is -0.960. The molecule has 1 aromatic carbocycles. The molecular formula is C10H5BrFN5O4. The monoisotopic (exact) mass is 357 g/mol. The van der Waals surface area contributed by atoms with Gasteiger partial charge in [0.05, 0.1) is 4.47 Å². The maximum atomic E-state index is 13.3. The predicted octanol–water partition coefficient (Wildman–Crippen LogP) is 2.04. The standard InChI is InChI=1S/C10H5BrFN5O4/c11-6-3-5(1-2-7(6)12)16-4-20-14-9(16)8-10(17(18)19)15-21-13-8/h1-3H,4H2. The van der Waals surface area contributed by atoms with E-state index in [1.807, 2.05) is 0 Å². The van der Waals surface area contributed by atoms with Crippen molar-refractivity contribution in [1.82, 2.24) is 10.3 Å². The fourth-order valence-electron chi connectivity index (χ4n) is 1.72. The van der Waals surface area contributed by atoms with Gasteiger partial charge in [-0.05, 0) is 44.2 Å². The summed E-state index contributed by atoms with van der Waals surface area (Å²) in [6.07, 6.45) is 0. The van der Waals surface area contributed by atoms with Crippen LogP contribution in [0.4, 0.5) is 15.9 Å². The van der Waals surface area contributed by atoms with E-state index in [1.165, 1.54) is 23.1 Å². The van der Waals surface area contributed by atoms with E-state index in [1.54, 1.807) is 0 Å². The Kier molecular flexibility index (Phi) is 3.25. The van der Waals surface area contributed by atoms with E-state index in [2.05, 4.69) is 36.0 Å². The lowest BCUT2D eigenvalue weighted by Crippen LogP contribution is -2.28. The summed E-state index contributed by atoms with van der Waals surface area (Å²) < 4.78 is 17.9. The van der Waals surface area contributed by atoms with E-state index in [9.17, 15) is 14.5 Å². The Hall–Kier alpha value is -2.56. The first-order chi connectivity index (χ1) is 10.1. The molecule has 0 spiro atoms. The van der Waals surface area contributed by atoms with Gasteiger partial charge in [0.1, 0.15) is 5.82 Å². The van der Waals surface area contributed by atoms with Gasteiger partial charge in [-0.2, -0.15) is 0 Å². The first kappa shape index (κ1) is 13.4. The van der Waals surface area contributed by atoms with Crippen molar-refractivity contribution in [3.05, 3.63) is 44.3 Å². The van der Waals surface area contributed by atoms with Crippen molar-refractivity contribution in [3.8, 4) is 0 Å². The van der Waals surface area contributed by atoms with Crippen LogP contribution in [0.15, 0.2) is 32.5 Å². The second kappa shape index (κ2) is 5.09. The molecule has 0 bridgehead atoms. The molecule has 2 aromatic rings. The molecule has 108 valence electrons. The molecule has 0 atom stereocenters. The Balaban J connectivity index is 2.01. The summed E-state index contributed by atoms with van der Waals surface area (Å²) in [4.78, 5) is 16.5. The number of aromatic nitrogens is 2. The summed E-state index contributed by atoms with van der Waals surface area (Å²) >= 11 is 3.06. The van der Waals surface area contributed by atoms with Crippen LogP contribution < -0.4 is 4.90 Å². The number of anilines is 1. The van der Waals surface area contributed by atoms with E-state index in [0.717, 1.165) is 0 Å². The molecule has 0 N–H and O–H groups in total. The summed E-state index contributed by atoms with van der Waals surface area (Å²) in [5.41, 5.74) is 0.342. The highest BCUT2D eigenvalue weighted by Gasteiger charge is 2.34. The zero-order valence-electron chi connectivity index (χ0n) is 10.1. The quantitative estimate of drug-likeness (QED) is 0.610. The zero-order valence-corrected chi connectivity index (χ0v) is 11.7. The number of benzene rings is 1. The van der Waals surface area contributed by atoms with E-state index >= 15 is 0 Å². The second-order valence-corrected chi connectivity index (χ2v) is 4.75. The van der Waals surface area contributed by atoms with Gasteiger partial charge in [-0.25, -0.2) is 4.39 Å². The van der Waals surface area contributed by atoms with Crippen molar-refractivity contribution in [2.75, 3.05) is 11.6 Å². The van der Waals surface area contributed by atoms with Gasteiger partial charge in [-0.1, -0.05) is 5.16 Å². The maximum absolute atomic E-state index is 13.3. The highest BCUT2D eigenvalue weighted by molar-refractivity contribution is 9.10. The minimum atomic E-state index is -0.745. The third-order valence-corrected chi connectivity index (χ3v) is 3.27. The van der Waals surface area contributed by atoms with Gasteiger partial charge in [0.25, 0.3) is 5.69 Å². The van der Waals surface area contributed by atoms with E-state index in [4.69, 9.17) is 4.84 Å². The molecule has 2 heterocycles. The van der Waals surface area contributed by atoms with Crippen molar-refractivity contribution < 1.29 is 18.8 Å². The van der Waals surface area contributed by atoms with Crippen molar-refractivity contribution in [2.45, 2.75) is 0 Å². The van der Waals surface area contributed by atoms with Crippen LogP contribution in [0, 0.1) is 15.9 Å². The molecule has 0 fully saturated rings. The summed E-state index contributed by atoms with van der Waals surface area (Å²) in [6, 6.07) is 4.20. The Morgan fingerprint density at radius 2 is 2.24 bits per heavy atom. The molecule has 1 aliphatic rings. The van der Waals surface area contributed by atoms with Crippen LogP contribution in [0.2, 0.25) is 0 Å². The van der Waals surface area contributed by atoms with Crippen LogP contribution >= 0.6 is 15.9 Å². The lowest BCUT2D eigenvalue weighted by Gasteiger charge is -2.16. The van der Waals surface area contributed by atoms with Crippen molar-refractivity contribution in [3.63, 3.8) is 0 Å². The molecule has 1 aromatic heterocycles. The number of hydrogen-bond acceptors (Lipinski definition) is 8. The maximum Gasteiger partial charge on any atom is 0.446 e. The van der Waals surface area contributed by atoms with Crippen LogP contribution in [0.1, 0.15) is 5.69 Å². The largest absolute Gasteiger partial charge is 0.446 e. The summed E-state index contributed by atoms with van der Waals surface area (Å²) in [5, 5.41) is 21.2. The number of halogens is 2. The van der Waals surface area contributed by atoms with Gasteiger partial charge in [-0.15, -0.1) is 4.63 Å². The topological polar surface area (TPSA) is 107 Å². The summed E-state index contributed by atoms with van der Waals surface area (Å²) in [7, 11) is 0. The molecule has 21 heavy (non-hydrogen) atoms. The molecule has 0 radical (unpaired) electrons. The first-order valence-corrected chi connectivity index (χ1v) is 6.27. The van der Waals surface area contributed by atoms with Gasteiger partial charge in [0, 0.05) is 5.69 Å². The third kappa shape index (κ3) is 2.31. The molecular weight excluding hydrogens is 353 g/mol. The number of nitro groups is 1. The van der Waals surface area contributed by atoms with Crippen molar-refractivity contribution in [2.24, 2.45) is 5.16 Å². The minimum Gasteiger partial charge on any atom is -0.371 e. The molecule has 11 heteroatoms. The normalized spacial score (nSPS) is 14.0. The van der Waals surface area contributed by atoms with Crippen molar-refractivity contribution in [1.29, 1.82) is 0 Å². The SMILES string of the molecule is O=[N+]([O-])c1nonc1C1=NOCN1c1ccc(F)c(Br)c1. The Morgan fingerprint density at radius 1 is 1.43 bits per heavy atom. The van der Waals surface area contributed by atoms with E-state index in [0.29, 0.717) is 5.69 Å². The first-order valence-electron chi connectivity index (χ1n) is 5.48. The Labute approximate surface area is 124 Å². The van der Waals surface area contributed by atoms with Crippen LogP contribution in [0.3, 0.4) is 0 Å². The highest BCUT2D eigenvalue weighted by atomic mass is 79.9. The Morgan fingerprint density at radius 3 is 2.95 bits per heavy atom. The van der Waals surface area contributed by atoms with Crippen LogP contribution in [0.5, 0.6) is 0 Å². The molecule has 0 amide bonds. The number of nitrogens with zero attached hydrogens (tertiary/aromatic N) is 5. The van der Waals surface area contributed by atoms with Gasteiger partial charge in [0.2, 0.25) is 5.84 Å². The molecule has 1 aliphatic heterocycles. The van der Waals surface area contributed by atoms with E-state index < -0.39 is 16.6 Å². The third-order valence-electron chi connectivity index (χ3n) is 2.66. The number of amidine groups is 1. The molecule has 3 rings (SSSR count). The molecule has 9 nitrogen and oxygen atoms in total. The number of oxime groups is 1. The van der Waals surface area contributed by atoms with Gasteiger partial charge < -0.3 is 15.0 Å². The Bertz CT molecular complexity index is 749. The fraction of sp³-hybridized carbons (Fsp3) is 0.100. The van der Waals surface area contributed by atoms with E-state index in [-0.39, 0.29) is 22.7 Å². The summed E-state index contributed by atoms with van der Waals surface area (Å²) in [6.45, 7) is -0.00256. The predicted molar refractivity (Wildman–Crippen MR) is 70.0 cm³/mol. The molecule has 0 aliphatic carbocycles. The molecule has 0 unspecified atom stereocenters. The van der Waals surface area contributed by atoms with Gasteiger partial charge in [0.15, 0.2) is 11.9 Å². The minimum absolute atomic E-state index is 0.00256. The van der Waals surface area contributed by atoms with Crippen LogP contribution in [-0.4, -0.2) is 27.8 Å². The number of rotatable bonds is 3. The average molecular weight is 358 g/mol. The molecule has 0 saturated carbocycles. The second-order valence-electron chi connectivity index (χ2n) is 3.89. The van der Waals surface area contributed by atoms with Crippen LogP contribution in [0.25, 0.3) is 0 Å². The highest BCUT2D eigenvalue weighted by Crippen LogP contribution is 2.28. The lowest BCUT2D eigenvalue weighted by molar-refractivity contribution is -0.391. The van der Waals surface area contributed by atoms with Gasteiger partial charge in [-0.3, -0.25) is 4.90 Å². The smallest absolute Gasteiger partial charge is 0.371 e. The zero-order chi connectivity index (χ0) is 15.0. The average Bonchev–Trinajstić information content (AvgIpc) is 3.08. The number of hydrogen-bond donors (Lipinski definition) is 0. The lowest BCUT2D eigenvalue weighted by atomic mass is 10.2. The fourth-order valence-corrected chi connectivity index (χ4v) is 2.09. The van der Waals surface area contributed by atoms with Gasteiger partial charge >= 0.3 is 5.82 Å². The molecule has 0 saturated heterocycles. The van der Waals surface area contributed by atoms with Crippen molar-refractivity contribution >= 4 is 33.3 Å². The van der Waals surface area contributed by atoms with Crippen LogP contribution in [-0.2, 0) is 4.84 Å².